The van der Waals surface area contributed by atoms with Gasteiger partial charge in [-0.3, -0.25) is 0 Å². The normalized spacial score (nSPS) is 12.7. The van der Waals surface area contributed by atoms with Crippen LogP contribution in [-0.4, -0.2) is 26.3 Å². The summed E-state index contributed by atoms with van der Waals surface area (Å²) >= 11 is 0. The lowest BCUT2D eigenvalue weighted by Crippen LogP contribution is -2.38. The number of nitrogens with two attached hydrogens (primary N) is 1. The number of methoxy groups -OCH3 is 1. The summed E-state index contributed by atoms with van der Waals surface area (Å²) in [5.74, 6) is 0. The van der Waals surface area contributed by atoms with Gasteiger partial charge in [0, 0.05) is 31.4 Å². The van der Waals surface area contributed by atoms with Gasteiger partial charge in [-0.1, -0.05) is 39.0 Å². The molecule has 2 N–H and O–H groups in total. The molecule has 0 aliphatic rings. The first-order valence-corrected chi connectivity index (χ1v) is 7.79. The molecule has 0 unspecified atom stereocenters. The Bertz CT molecular complexity index is 377. The number of nitrogens with zero attached hydrogens (tertiary/aromatic N) is 1. The Morgan fingerprint density at radius 2 is 1.75 bits per heavy atom. The van der Waals surface area contributed by atoms with Gasteiger partial charge in [-0.15, -0.1) is 0 Å². The summed E-state index contributed by atoms with van der Waals surface area (Å²) in [5.41, 5.74) is 8.81. The zero-order valence-corrected chi connectivity index (χ0v) is 13.4. The fourth-order valence-electron chi connectivity index (χ4n) is 2.70. The Kier molecular flexibility index (Phi) is 7.63. The maximum absolute atomic E-state index is 6.29. The maximum Gasteiger partial charge on any atom is 0.0637 e. The Morgan fingerprint density at radius 1 is 1.10 bits per heavy atom. The molecule has 0 aromatic heterocycles. The van der Waals surface area contributed by atoms with E-state index in [1.807, 2.05) is 0 Å². The molecule has 0 spiro atoms. The van der Waals surface area contributed by atoms with Gasteiger partial charge in [-0.2, -0.15) is 0 Å². The molecular formula is C17H30N2O. The summed E-state index contributed by atoms with van der Waals surface area (Å²) in [6, 6.07) is 9.17. The molecular weight excluding hydrogens is 248 g/mol. The second kappa shape index (κ2) is 8.98. The zero-order chi connectivity index (χ0) is 15.0. The third-order valence-electron chi connectivity index (χ3n) is 4.01. The first kappa shape index (κ1) is 17.0. The lowest BCUT2D eigenvalue weighted by atomic mass is 10.00. The van der Waals surface area contributed by atoms with E-state index in [0.717, 1.165) is 32.4 Å². The van der Waals surface area contributed by atoms with Crippen LogP contribution in [0.25, 0.3) is 0 Å². The van der Waals surface area contributed by atoms with E-state index < -0.39 is 0 Å². The minimum atomic E-state index is 0.102. The second-order valence-electron chi connectivity index (χ2n) is 5.23. The van der Waals surface area contributed by atoms with Gasteiger partial charge < -0.3 is 15.4 Å². The predicted molar refractivity (Wildman–Crippen MR) is 87.3 cm³/mol. The molecule has 0 heterocycles. The number of para-hydroxylation sites is 1. The highest BCUT2D eigenvalue weighted by molar-refractivity contribution is 5.55. The Balaban J connectivity index is 3.11. The summed E-state index contributed by atoms with van der Waals surface area (Å²) in [4.78, 5) is 2.47. The van der Waals surface area contributed by atoms with Crippen LogP contribution in [0.2, 0.25) is 0 Å². The number of rotatable bonds is 9. The molecule has 0 amide bonds. The van der Waals surface area contributed by atoms with Crippen molar-refractivity contribution >= 4 is 5.69 Å². The summed E-state index contributed by atoms with van der Waals surface area (Å²) < 4.78 is 5.29. The smallest absolute Gasteiger partial charge is 0.0637 e. The maximum atomic E-state index is 6.29. The number of benzene rings is 1. The van der Waals surface area contributed by atoms with Gasteiger partial charge in [-0.05, 0) is 30.9 Å². The van der Waals surface area contributed by atoms with E-state index in [1.165, 1.54) is 11.3 Å². The van der Waals surface area contributed by atoms with Gasteiger partial charge in [0.25, 0.3) is 0 Å². The Labute approximate surface area is 124 Å². The van der Waals surface area contributed by atoms with Crippen molar-refractivity contribution in [3.63, 3.8) is 0 Å². The molecule has 0 fully saturated rings. The van der Waals surface area contributed by atoms with Crippen LogP contribution in [-0.2, 0) is 4.74 Å². The number of anilines is 1. The van der Waals surface area contributed by atoms with E-state index in [4.69, 9.17) is 10.5 Å². The average molecular weight is 278 g/mol. The van der Waals surface area contributed by atoms with Crippen LogP contribution < -0.4 is 10.6 Å². The van der Waals surface area contributed by atoms with Gasteiger partial charge in [0.1, 0.15) is 0 Å². The summed E-state index contributed by atoms with van der Waals surface area (Å²) in [6.45, 7) is 8.28. The molecule has 0 bridgehead atoms. The van der Waals surface area contributed by atoms with Gasteiger partial charge in [0.2, 0.25) is 0 Å². The van der Waals surface area contributed by atoms with Crippen molar-refractivity contribution in [1.82, 2.24) is 0 Å². The van der Waals surface area contributed by atoms with Crippen molar-refractivity contribution in [2.75, 3.05) is 25.2 Å². The van der Waals surface area contributed by atoms with Crippen LogP contribution >= 0.6 is 0 Å². The zero-order valence-electron chi connectivity index (χ0n) is 13.4. The highest BCUT2D eigenvalue weighted by atomic mass is 16.5. The number of hydrogen-bond acceptors (Lipinski definition) is 3. The summed E-state index contributed by atoms with van der Waals surface area (Å²) in [6.07, 6.45) is 3.23. The SMILES string of the molecule is CCC(CC)N(CCOC)c1ccccc1[C@H](N)CC. The first-order valence-electron chi connectivity index (χ1n) is 7.79. The molecule has 0 radical (unpaired) electrons. The summed E-state index contributed by atoms with van der Waals surface area (Å²) in [5, 5.41) is 0. The van der Waals surface area contributed by atoms with Crippen LogP contribution in [0.1, 0.15) is 51.6 Å². The largest absolute Gasteiger partial charge is 0.383 e. The van der Waals surface area contributed by atoms with Gasteiger partial charge in [0.05, 0.1) is 6.61 Å². The van der Waals surface area contributed by atoms with Crippen molar-refractivity contribution in [3.8, 4) is 0 Å². The minimum absolute atomic E-state index is 0.102. The molecule has 0 aliphatic heterocycles. The van der Waals surface area contributed by atoms with E-state index in [9.17, 15) is 0 Å². The van der Waals surface area contributed by atoms with E-state index in [1.54, 1.807) is 7.11 Å². The molecule has 3 nitrogen and oxygen atoms in total. The number of hydrogen-bond donors (Lipinski definition) is 1. The van der Waals surface area contributed by atoms with Crippen molar-refractivity contribution in [2.24, 2.45) is 5.73 Å². The standard InChI is InChI=1S/C17H30N2O/c1-5-14(6-2)19(12-13-20-4)17-11-9-8-10-15(17)16(18)7-3/h8-11,14,16H,5-7,12-13,18H2,1-4H3/t16-/m1/s1. The van der Waals surface area contributed by atoms with E-state index >= 15 is 0 Å². The summed E-state index contributed by atoms with van der Waals surface area (Å²) in [7, 11) is 1.76. The monoisotopic (exact) mass is 278 g/mol. The fraction of sp³-hybridized carbons (Fsp3) is 0.647. The second-order valence-corrected chi connectivity index (χ2v) is 5.23. The molecule has 0 saturated heterocycles. The molecule has 1 aromatic rings. The van der Waals surface area contributed by atoms with Crippen LogP contribution in [0.15, 0.2) is 24.3 Å². The molecule has 0 saturated carbocycles. The minimum Gasteiger partial charge on any atom is -0.383 e. The fourth-order valence-corrected chi connectivity index (χ4v) is 2.70. The van der Waals surface area contributed by atoms with Crippen LogP contribution in [0.4, 0.5) is 5.69 Å². The Morgan fingerprint density at radius 3 is 2.30 bits per heavy atom. The molecule has 1 aromatic carbocycles. The van der Waals surface area contributed by atoms with Crippen LogP contribution in [0.5, 0.6) is 0 Å². The predicted octanol–water partition coefficient (Wildman–Crippen LogP) is 3.74. The average Bonchev–Trinajstić information content (AvgIpc) is 2.50. The van der Waals surface area contributed by atoms with Crippen molar-refractivity contribution in [2.45, 2.75) is 52.1 Å². The van der Waals surface area contributed by atoms with Gasteiger partial charge in [0.15, 0.2) is 0 Å². The molecule has 114 valence electrons. The molecule has 0 aliphatic carbocycles. The lowest BCUT2D eigenvalue weighted by Gasteiger charge is -2.35. The Hall–Kier alpha value is -1.06. The molecule has 1 rings (SSSR count). The van der Waals surface area contributed by atoms with Crippen molar-refractivity contribution in [3.05, 3.63) is 29.8 Å². The molecule has 1 atom stereocenters. The highest BCUT2D eigenvalue weighted by Gasteiger charge is 2.20. The third-order valence-corrected chi connectivity index (χ3v) is 4.01. The third kappa shape index (κ3) is 4.22. The van der Waals surface area contributed by atoms with Crippen LogP contribution in [0, 0.1) is 0 Å². The van der Waals surface area contributed by atoms with E-state index in [2.05, 4.69) is 49.9 Å². The van der Waals surface area contributed by atoms with Crippen molar-refractivity contribution < 1.29 is 4.74 Å². The molecule has 3 heteroatoms. The van der Waals surface area contributed by atoms with Crippen LogP contribution in [0.3, 0.4) is 0 Å². The number of ether oxygens (including phenoxy) is 1. The highest BCUT2D eigenvalue weighted by Crippen LogP contribution is 2.29. The van der Waals surface area contributed by atoms with E-state index in [-0.39, 0.29) is 6.04 Å². The quantitative estimate of drug-likeness (QED) is 0.748. The van der Waals surface area contributed by atoms with Gasteiger partial charge >= 0.3 is 0 Å². The first-order chi connectivity index (χ1) is 9.69. The molecule has 20 heavy (non-hydrogen) atoms. The lowest BCUT2D eigenvalue weighted by molar-refractivity contribution is 0.202. The topological polar surface area (TPSA) is 38.5 Å². The van der Waals surface area contributed by atoms with Gasteiger partial charge in [-0.25, -0.2) is 0 Å². The van der Waals surface area contributed by atoms with E-state index in [0.29, 0.717) is 6.04 Å². The van der Waals surface area contributed by atoms with Crippen molar-refractivity contribution in [1.29, 1.82) is 0 Å².